The molecule has 1 heterocycles. The minimum Gasteiger partial charge on any atom is -0.497 e. The first-order valence-electron chi connectivity index (χ1n) is 10.0. The Labute approximate surface area is 190 Å². The van der Waals surface area contributed by atoms with Crippen molar-refractivity contribution in [2.24, 2.45) is 4.99 Å². The molecule has 8 nitrogen and oxygen atoms in total. The monoisotopic (exact) mass is 476 g/mol. The zero-order chi connectivity index (χ0) is 23.1. The van der Waals surface area contributed by atoms with Crippen LogP contribution in [0.5, 0.6) is 5.75 Å². The molecule has 0 aliphatic carbocycles. The van der Waals surface area contributed by atoms with Crippen molar-refractivity contribution >= 4 is 43.3 Å². The summed E-state index contributed by atoms with van der Waals surface area (Å²) in [6.07, 6.45) is 0.124. The van der Waals surface area contributed by atoms with Crippen molar-refractivity contribution in [2.75, 3.05) is 19.5 Å². The second-order valence-corrected chi connectivity index (χ2v) is 9.97. The van der Waals surface area contributed by atoms with Crippen molar-refractivity contribution in [3.05, 3.63) is 53.3 Å². The maximum atomic E-state index is 12.5. The lowest BCUT2D eigenvalue weighted by Gasteiger charge is -2.06. The van der Waals surface area contributed by atoms with Gasteiger partial charge in [-0.15, -0.1) is 0 Å². The molecule has 1 amide bonds. The van der Waals surface area contributed by atoms with Crippen molar-refractivity contribution in [1.82, 2.24) is 4.57 Å². The highest BCUT2D eigenvalue weighted by molar-refractivity contribution is 7.91. The van der Waals surface area contributed by atoms with Crippen LogP contribution in [0, 0.1) is 0 Å². The molecule has 0 radical (unpaired) electrons. The number of thiazole rings is 1. The number of aromatic nitrogens is 1. The highest BCUT2D eigenvalue weighted by Gasteiger charge is 2.16. The zero-order valence-electron chi connectivity index (χ0n) is 17.8. The van der Waals surface area contributed by atoms with Crippen LogP contribution in [-0.4, -0.2) is 44.3 Å². The SMILES string of the molecule is CCOC(=O)Cn1c(=NC(=O)CCCS(=O)(=O)c2ccccc2)sc2cc(OC)ccc21. The molecule has 0 saturated carbocycles. The molecule has 3 rings (SSSR count). The smallest absolute Gasteiger partial charge is 0.326 e. The largest absolute Gasteiger partial charge is 0.497 e. The van der Waals surface area contributed by atoms with E-state index in [-0.39, 0.29) is 36.6 Å². The molecular weight excluding hydrogens is 452 g/mol. The average Bonchev–Trinajstić information content (AvgIpc) is 3.10. The van der Waals surface area contributed by atoms with Gasteiger partial charge in [0.15, 0.2) is 14.6 Å². The van der Waals surface area contributed by atoms with Crippen molar-refractivity contribution in [2.45, 2.75) is 31.2 Å². The van der Waals surface area contributed by atoms with Gasteiger partial charge in [0, 0.05) is 6.42 Å². The van der Waals surface area contributed by atoms with Crippen molar-refractivity contribution < 1.29 is 27.5 Å². The number of rotatable bonds is 9. The van der Waals surface area contributed by atoms with Gasteiger partial charge in [0.25, 0.3) is 0 Å². The molecule has 170 valence electrons. The van der Waals surface area contributed by atoms with Crippen LogP contribution in [0.15, 0.2) is 58.4 Å². The van der Waals surface area contributed by atoms with Crippen molar-refractivity contribution in [3.8, 4) is 5.75 Å². The lowest BCUT2D eigenvalue weighted by Crippen LogP contribution is -2.23. The molecule has 2 aromatic carbocycles. The fourth-order valence-electron chi connectivity index (χ4n) is 3.08. The third-order valence-corrected chi connectivity index (χ3v) is 7.47. The second-order valence-electron chi connectivity index (χ2n) is 6.85. The summed E-state index contributed by atoms with van der Waals surface area (Å²) in [6, 6.07) is 13.5. The number of benzene rings is 2. The standard InChI is InChI=1S/C22H24N2O6S2/c1-3-30-21(26)15-24-18-12-11-16(29-2)14-19(18)31-22(24)23-20(25)10-7-13-32(27,28)17-8-5-4-6-9-17/h4-6,8-9,11-12,14H,3,7,10,13,15H2,1-2H3. The van der Waals surface area contributed by atoms with E-state index in [4.69, 9.17) is 9.47 Å². The van der Waals surface area contributed by atoms with Gasteiger partial charge in [0.2, 0.25) is 5.91 Å². The van der Waals surface area contributed by atoms with Gasteiger partial charge in [0.05, 0.1) is 34.6 Å². The normalized spacial score (nSPS) is 12.1. The lowest BCUT2D eigenvalue weighted by molar-refractivity contribution is -0.143. The highest BCUT2D eigenvalue weighted by atomic mass is 32.2. The van der Waals surface area contributed by atoms with Gasteiger partial charge in [-0.25, -0.2) is 8.42 Å². The van der Waals surface area contributed by atoms with E-state index in [1.165, 1.54) is 23.5 Å². The first-order valence-corrected chi connectivity index (χ1v) is 12.5. The maximum absolute atomic E-state index is 12.5. The lowest BCUT2D eigenvalue weighted by atomic mass is 10.3. The summed E-state index contributed by atoms with van der Waals surface area (Å²) in [5, 5.41) is 0. The minimum absolute atomic E-state index is 0.0248. The molecule has 3 aromatic rings. The number of methoxy groups -OCH3 is 1. The Bertz CT molecular complexity index is 1280. The number of fused-ring (bicyclic) bond motifs is 1. The van der Waals surface area contributed by atoms with Crippen molar-refractivity contribution in [3.63, 3.8) is 0 Å². The van der Waals surface area contributed by atoms with Crippen LogP contribution in [0.1, 0.15) is 19.8 Å². The summed E-state index contributed by atoms with van der Waals surface area (Å²) in [6.45, 7) is 1.88. The van der Waals surface area contributed by atoms with Gasteiger partial charge in [-0.05, 0) is 43.7 Å². The molecule has 0 fully saturated rings. The number of esters is 1. The van der Waals surface area contributed by atoms with Crippen LogP contribution < -0.4 is 9.54 Å². The molecule has 0 saturated heterocycles. The Morgan fingerprint density at radius 3 is 2.56 bits per heavy atom. The molecule has 0 bridgehead atoms. The van der Waals surface area contributed by atoms with Crippen LogP contribution in [0.2, 0.25) is 0 Å². The Kier molecular flexibility index (Phi) is 7.81. The summed E-state index contributed by atoms with van der Waals surface area (Å²) in [7, 11) is -1.90. The topological polar surface area (TPSA) is 104 Å². The first kappa shape index (κ1) is 23.7. The molecule has 0 atom stereocenters. The van der Waals surface area contributed by atoms with Gasteiger partial charge in [-0.3, -0.25) is 9.59 Å². The van der Waals surface area contributed by atoms with Crippen LogP contribution in [0.4, 0.5) is 0 Å². The van der Waals surface area contributed by atoms with E-state index >= 15 is 0 Å². The number of carbonyl (C=O) groups excluding carboxylic acids is 2. The quantitative estimate of drug-likeness (QED) is 0.440. The molecule has 0 aliphatic rings. The fraction of sp³-hybridized carbons (Fsp3) is 0.318. The molecular formula is C22H24N2O6S2. The Hall–Kier alpha value is -2.98. The molecule has 0 N–H and O–H groups in total. The van der Waals surface area contributed by atoms with Gasteiger partial charge >= 0.3 is 5.97 Å². The summed E-state index contributed by atoms with van der Waals surface area (Å²) in [4.78, 5) is 29.3. The van der Waals surface area contributed by atoms with Crippen LogP contribution in [0.3, 0.4) is 0 Å². The van der Waals surface area contributed by atoms with E-state index in [0.29, 0.717) is 10.6 Å². The molecule has 1 aromatic heterocycles. The minimum atomic E-state index is -3.46. The number of sulfone groups is 1. The molecule has 10 heteroatoms. The van der Waals surface area contributed by atoms with Gasteiger partial charge < -0.3 is 14.0 Å². The summed E-state index contributed by atoms with van der Waals surface area (Å²) in [5.41, 5.74) is 0.724. The Morgan fingerprint density at radius 2 is 1.88 bits per heavy atom. The highest BCUT2D eigenvalue weighted by Crippen LogP contribution is 2.23. The molecule has 0 aliphatic heterocycles. The van der Waals surface area contributed by atoms with Gasteiger partial charge in [0.1, 0.15) is 12.3 Å². The third kappa shape index (κ3) is 5.83. The van der Waals surface area contributed by atoms with Gasteiger partial charge in [-0.1, -0.05) is 29.5 Å². The predicted octanol–water partition coefficient (Wildman–Crippen LogP) is 2.96. The van der Waals surface area contributed by atoms with Crippen molar-refractivity contribution in [1.29, 1.82) is 0 Å². The Morgan fingerprint density at radius 1 is 1.12 bits per heavy atom. The van der Waals surface area contributed by atoms with E-state index in [9.17, 15) is 18.0 Å². The number of hydrogen-bond acceptors (Lipinski definition) is 7. The van der Waals surface area contributed by atoms with Crippen LogP contribution in [0.25, 0.3) is 10.2 Å². The number of carbonyl (C=O) groups is 2. The summed E-state index contributed by atoms with van der Waals surface area (Å²) >= 11 is 1.25. The molecule has 0 unspecified atom stereocenters. The predicted molar refractivity (Wildman–Crippen MR) is 121 cm³/mol. The first-order chi connectivity index (χ1) is 15.3. The van der Waals surface area contributed by atoms with Crippen LogP contribution in [-0.2, 0) is 30.7 Å². The average molecular weight is 477 g/mol. The number of nitrogens with zero attached hydrogens (tertiary/aromatic N) is 2. The third-order valence-electron chi connectivity index (χ3n) is 4.61. The maximum Gasteiger partial charge on any atom is 0.326 e. The molecule has 32 heavy (non-hydrogen) atoms. The van der Waals surface area contributed by atoms with E-state index in [0.717, 1.165) is 10.2 Å². The van der Waals surface area contributed by atoms with Gasteiger partial charge in [-0.2, -0.15) is 4.99 Å². The number of hydrogen-bond donors (Lipinski definition) is 0. The van der Waals surface area contributed by atoms with E-state index < -0.39 is 21.7 Å². The second kappa shape index (κ2) is 10.6. The molecule has 0 spiro atoms. The summed E-state index contributed by atoms with van der Waals surface area (Å²) < 4.78 is 37.5. The number of ether oxygens (including phenoxy) is 2. The Balaban J connectivity index is 1.81. The van der Waals surface area contributed by atoms with E-state index in [1.807, 2.05) is 0 Å². The summed E-state index contributed by atoms with van der Waals surface area (Å²) in [5.74, 6) is -0.397. The van der Waals surface area contributed by atoms with Crippen LogP contribution >= 0.6 is 11.3 Å². The zero-order valence-corrected chi connectivity index (χ0v) is 19.4. The fourth-order valence-corrected chi connectivity index (χ4v) is 5.48. The van der Waals surface area contributed by atoms with E-state index in [1.54, 1.807) is 55.0 Å². The number of amides is 1. The van der Waals surface area contributed by atoms with E-state index in [2.05, 4.69) is 4.99 Å².